The van der Waals surface area contributed by atoms with Gasteiger partial charge in [-0.1, -0.05) is 45.8 Å². The molecule has 3 nitrogen and oxygen atoms in total. The van der Waals surface area contributed by atoms with Crippen LogP contribution in [-0.2, 0) is 9.59 Å². The van der Waals surface area contributed by atoms with Crippen molar-refractivity contribution in [3.05, 3.63) is 73.9 Å². The maximum absolute atomic E-state index is 13.5. The molecule has 0 aromatic heterocycles. The van der Waals surface area contributed by atoms with Gasteiger partial charge in [0.25, 0.3) is 5.91 Å². The van der Waals surface area contributed by atoms with E-state index < -0.39 is 0 Å². The van der Waals surface area contributed by atoms with Gasteiger partial charge in [-0.3, -0.25) is 9.59 Å². The molecule has 27 heavy (non-hydrogen) atoms. The summed E-state index contributed by atoms with van der Waals surface area (Å²) in [6.07, 6.45) is 0.307. The van der Waals surface area contributed by atoms with Crippen LogP contribution in [0, 0.1) is 6.92 Å². The number of halogens is 1. The summed E-state index contributed by atoms with van der Waals surface area (Å²) in [5, 5.41) is 0. The summed E-state index contributed by atoms with van der Waals surface area (Å²) in [6.45, 7) is 2.02. The van der Waals surface area contributed by atoms with Crippen LogP contribution in [0.25, 0.3) is 0 Å². The zero-order chi connectivity index (χ0) is 19.0. The second kappa shape index (κ2) is 7.86. The minimum Gasteiger partial charge on any atom is -0.300 e. The van der Waals surface area contributed by atoms with Crippen LogP contribution in [0.5, 0.6) is 0 Å². The van der Waals surface area contributed by atoms with Gasteiger partial charge < -0.3 is 4.90 Å². The third-order valence-corrected chi connectivity index (χ3v) is 7.97. The number of thioether (sulfide) groups is 2. The van der Waals surface area contributed by atoms with Crippen LogP contribution in [-0.4, -0.2) is 23.2 Å². The highest BCUT2D eigenvalue weighted by molar-refractivity contribution is 9.10. The summed E-state index contributed by atoms with van der Waals surface area (Å²) in [5.74, 6) is 1.67. The first-order valence-electron chi connectivity index (χ1n) is 8.73. The molecule has 2 aromatic carbocycles. The molecular weight excluding hydrogens is 442 g/mol. The topological polar surface area (TPSA) is 37.4 Å². The number of carbonyl (C=O) groups excluding carboxylic acids is 2. The van der Waals surface area contributed by atoms with E-state index in [1.54, 1.807) is 28.4 Å². The van der Waals surface area contributed by atoms with Crippen LogP contribution < -0.4 is 4.90 Å². The molecule has 2 aromatic rings. The summed E-state index contributed by atoms with van der Waals surface area (Å²) >= 11 is 6.70. The van der Waals surface area contributed by atoms with E-state index >= 15 is 0 Å². The number of ketones is 1. The number of nitrogens with zero attached hydrogens (tertiary/aromatic N) is 1. The van der Waals surface area contributed by atoms with E-state index in [-0.39, 0.29) is 17.7 Å². The minimum absolute atomic E-state index is 0.0480. The van der Waals surface area contributed by atoms with Crippen LogP contribution in [0.2, 0.25) is 0 Å². The summed E-state index contributed by atoms with van der Waals surface area (Å²) in [4.78, 5) is 28.2. The van der Waals surface area contributed by atoms with Crippen LogP contribution in [0.3, 0.4) is 0 Å². The third-order valence-electron chi connectivity index (χ3n) is 4.72. The third kappa shape index (κ3) is 3.75. The molecular formula is C21H18BrNO2S2. The Morgan fingerprint density at radius 1 is 0.963 bits per heavy atom. The first-order chi connectivity index (χ1) is 13.0. The lowest BCUT2D eigenvalue weighted by Gasteiger charge is -2.36. The van der Waals surface area contributed by atoms with Gasteiger partial charge in [0.2, 0.25) is 0 Å². The lowest BCUT2D eigenvalue weighted by Crippen LogP contribution is -2.44. The molecule has 0 bridgehead atoms. The number of amides is 1. The average Bonchev–Trinajstić information content (AvgIpc) is 3.17. The molecule has 2 saturated heterocycles. The van der Waals surface area contributed by atoms with E-state index in [0.29, 0.717) is 12.0 Å². The van der Waals surface area contributed by atoms with Crippen molar-refractivity contribution in [2.45, 2.75) is 19.4 Å². The van der Waals surface area contributed by atoms with Crippen LogP contribution in [0.4, 0.5) is 5.69 Å². The molecule has 1 atom stereocenters. The zero-order valence-corrected chi connectivity index (χ0v) is 18.0. The van der Waals surface area contributed by atoms with Crippen molar-refractivity contribution in [1.82, 2.24) is 0 Å². The number of hydrogen-bond donors (Lipinski definition) is 0. The number of piperidine rings is 1. The van der Waals surface area contributed by atoms with Gasteiger partial charge >= 0.3 is 0 Å². The second-order valence-electron chi connectivity index (χ2n) is 6.56. The van der Waals surface area contributed by atoms with Crippen molar-refractivity contribution < 1.29 is 9.59 Å². The summed E-state index contributed by atoms with van der Waals surface area (Å²) in [6, 6.07) is 15.5. The number of rotatable bonds is 2. The molecule has 0 saturated carbocycles. The highest BCUT2D eigenvalue weighted by Crippen LogP contribution is 2.44. The molecule has 6 heteroatoms. The molecule has 0 radical (unpaired) electrons. The molecule has 1 unspecified atom stereocenters. The Labute approximate surface area is 175 Å². The lowest BCUT2D eigenvalue weighted by atomic mass is 9.91. The van der Waals surface area contributed by atoms with Crippen LogP contribution >= 0.6 is 39.5 Å². The summed E-state index contributed by atoms with van der Waals surface area (Å²) in [5.41, 5.74) is 3.31. The maximum Gasteiger partial charge on any atom is 0.264 e. The van der Waals surface area contributed by atoms with Gasteiger partial charge in [-0.05, 0) is 36.8 Å². The molecule has 2 fully saturated rings. The van der Waals surface area contributed by atoms with E-state index in [2.05, 4.69) is 15.9 Å². The lowest BCUT2D eigenvalue weighted by molar-refractivity contribution is -0.124. The molecule has 2 aliphatic heterocycles. The predicted molar refractivity (Wildman–Crippen MR) is 117 cm³/mol. The summed E-state index contributed by atoms with van der Waals surface area (Å²) < 4.78 is 1.86. The fourth-order valence-electron chi connectivity index (χ4n) is 3.36. The monoisotopic (exact) mass is 459 g/mol. The largest absolute Gasteiger partial charge is 0.300 e. The molecule has 4 rings (SSSR count). The van der Waals surface area contributed by atoms with Crippen molar-refractivity contribution >= 4 is 56.8 Å². The Morgan fingerprint density at radius 3 is 2.22 bits per heavy atom. The molecule has 1 amide bonds. The van der Waals surface area contributed by atoms with Crippen molar-refractivity contribution in [3.8, 4) is 0 Å². The zero-order valence-electron chi connectivity index (χ0n) is 14.8. The Kier molecular flexibility index (Phi) is 5.48. The Bertz CT molecular complexity index is 914. The molecule has 138 valence electrons. The minimum atomic E-state index is -0.290. The van der Waals surface area contributed by atoms with Gasteiger partial charge in [-0.15, -0.1) is 23.5 Å². The number of carbonyl (C=O) groups is 2. The molecule has 0 aliphatic carbocycles. The first-order valence-corrected chi connectivity index (χ1v) is 11.5. The molecule has 2 heterocycles. The predicted octanol–water partition coefficient (Wildman–Crippen LogP) is 5.50. The SMILES string of the molecule is Cc1ccc(N2C(=O)C(=C3SCCS3)C(=O)CC2c2ccc(Br)cc2)cc1. The van der Waals surface area contributed by atoms with Gasteiger partial charge in [0, 0.05) is 28.1 Å². The van der Waals surface area contributed by atoms with E-state index in [0.717, 1.165) is 37.0 Å². The van der Waals surface area contributed by atoms with Gasteiger partial charge in [0.05, 0.1) is 10.3 Å². The number of hydrogen-bond acceptors (Lipinski definition) is 4. The number of aryl methyl sites for hydroxylation is 1. The van der Waals surface area contributed by atoms with Gasteiger partial charge in [-0.25, -0.2) is 0 Å². The van der Waals surface area contributed by atoms with Crippen molar-refractivity contribution in [3.63, 3.8) is 0 Å². The molecule has 2 aliphatic rings. The standard InChI is InChI=1S/C21H18BrNO2S2/c1-13-2-8-16(9-3-13)23-17(14-4-6-15(22)7-5-14)12-18(24)19(20(23)25)21-26-10-11-27-21/h2-9,17H,10-12H2,1H3. The van der Waals surface area contributed by atoms with Crippen LogP contribution in [0.15, 0.2) is 62.8 Å². The fraction of sp³-hybridized carbons (Fsp3) is 0.238. The number of anilines is 1. The molecule has 0 N–H and O–H groups in total. The van der Waals surface area contributed by atoms with Gasteiger partial charge in [-0.2, -0.15) is 0 Å². The average molecular weight is 460 g/mol. The molecule has 0 spiro atoms. The fourth-order valence-corrected chi connectivity index (χ4v) is 6.19. The Hall–Kier alpha value is -1.50. The van der Waals surface area contributed by atoms with E-state index in [1.165, 1.54) is 0 Å². The summed E-state index contributed by atoms with van der Waals surface area (Å²) in [7, 11) is 0. The Balaban J connectivity index is 1.81. The smallest absolute Gasteiger partial charge is 0.264 e. The quantitative estimate of drug-likeness (QED) is 0.439. The first kappa shape index (κ1) is 18.8. The highest BCUT2D eigenvalue weighted by Gasteiger charge is 2.41. The normalized spacial score (nSPS) is 20.5. The van der Waals surface area contributed by atoms with Crippen molar-refractivity contribution in [1.29, 1.82) is 0 Å². The maximum atomic E-state index is 13.5. The van der Waals surface area contributed by atoms with Gasteiger partial charge in [0.15, 0.2) is 5.78 Å². The number of Topliss-reactive ketones (excluding diaryl/α,β-unsaturated/α-hetero) is 1. The van der Waals surface area contributed by atoms with E-state index in [1.807, 2.05) is 55.5 Å². The highest BCUT2D eigenvalue weighted by atomic mass is 79.9. The Morgan fingerprint density at radius 2 is 1.59 bits per heavy atom. The van der Waals surface area contributed by atoms with Gasteiger partial charge in [0.1, 0.15) is 5.57 Å². The van der Waals surface area contributed by atoms with Crippen molar-refractivity contribution in [2.24, 2.45) is 0 Å². The second-order valence-corrected chi connectivity index (χ2v) is 9.95. The van der Waals surface area contributed by atoms with E-state index in [9.17, 15) is 9.59 Å². The van der Waals surface area contributed by atoms with Crippen LogP contribution in [0.1, 0.15) is 23.6 Å². The number of benzene rings is 2. The van der Waals surface area contributed by atoms with Crippen molar-refractivity contribution in [2.75, 3.05) is 16.4 Å². The van der Waals surface area contributed by atoms with E-state index in [4.69, 9.17) is 0 Å².